The van der Waals surface area contributed by atoms with Crippen molar-refractivity contribution in [1.82, 2.24) is 4.90 Å². The van der Waals surface area contributed by atoms with E-state index in [9.17, 15) is 14.7 Å². The van der Waals surface area contributed by atoms with Crippen LogP contribution in [-0.4, -0.2) is 35.0 Å². The second-order valence-corrected chi connectivity index (χ2v) is 7.24. The van der Waals surface area contributed by atoms with Gasteiger partial charge in [0.1, 0.15) is 11.7 Å². The molecule has 1 heterocycles. The quantitative estimate of drug-likeness (QED) is 0.889. The number of carboxylic acids is 1. The molecule has 1 fully saturated rings. The van der Waals surface area contributed by atoms with E-state index in [1.165, 1.54) is 0 Å². The molecule has 140 valence electrons. The number of fused-ring (bicyclic) bond motifs is 1. The van der Waals surface area contributed by atoms with Gasteiger partial charge in [0.2, 0.25) is 0 Å². The van der Waals surface area contributed by atoms with Crippen LogP contribution in [0.1, 0.15) is 59.1 Å². The number of hydrogen-bond donors (Lipinski definition) is 1. The van der Waals surface area contributed by atoms with Gasteiger partial charge < -0.3 is 14.7 Å². The average molecular weight is 365 g/mol. The van der Waals surface area contributed by atoms with Gasteiger partial charge >= 0.3 is 5.97 Å². The van der Waals surface area contributed by atoms with E-state index in [-0.39, 0.29) is 11.9 Å². The summed E-state index contributed by atoms with van der Waals surface area (Å²) in [7, 11) is 1.58. The van der Waals surface area contributed by atoms with Crippen LogP contribution in [0, 0.1) is 0 Å². The zero-order valence-corrected chi connectivity index (χ0v) is 15.3. The Bertz CT molecular complexity index is 872. The molecule has 1 aliphatic carbocycles. The molecule has 1 aliphatic heterocycles. The normalized spacial score (nSPS) is 22.6. The Kier molecular flexibility index (Phi) is 4.60. The zero-order valence-electron chi connectivity index (χ0n) is 15.3. The smallest absolute Gasteiger partial charge is 0.313 e. The summed E-state index contributed by atoms with van der Waals surface area (Å²) >= 11 is 0. The lowest BCUT2D eigenvalue weighted by atomic mass is 9.78. The maximum Gasteiger partial charge on any atom is 0.313 e. The van der Waals surface area contributed by atoms with Gasteiger partial charge in [0.15, 0.2) is 0 Å². The Morgan fingerprint density at radius 2 is 1.67 bits per heavy atom. The summed E-state index contributed by atoms with van der Waals surface area (Å²) in [5, 5.41) is 10.1. The Labute approximate surface area is 158 Å². The molecular weight excluding hydrogens is 342 g/mol. The lowest BCUT2D eigenvalue weighted by molar-refractivity contribution is -0.141. The third-order valence-corrected chi connectivity index (χ3v) is 5.82. The third kappa shape index (κ3) is 2.87. The molecule has 0 unspecified atom stereocenters. The van der Waals surface area contributed by atoms with Crippen LogP contribution in [0.4, 0.5) is 0 Å². The molecule has 1 N–H and O–H groups in total. The van der Waals surface area contributed by atoms with Crippen LogP contribution in [0.25, 0.3) is 0 Å². The summed E-state index contributed by atoms with van der Waals surface area (Å²) in [5.74, 6) is -1.21. The molecule has 2 aromatic rings. The number of para-hydroxylation sites is 1. The summed E-state index contributed by atoms with van der Waals surface area (Å²) in [4.78, 5) is 27.7. The van der Waals surface area contributed by atoms with Crippen molar-refractivity contribution < 1.29 is 19.4 Å². The number of carboxylic acid groups (broad SMARTS) is 1. The highest BCUT2D eigenvalue weighted by molar-refractivity contribution is 6.00. The maximum absolute atomic E-state index is 13.4. The Morgan fingerprint density at radius 1 is 1.04 bits per heavy atom. The molecule has 4 rings (SSSR count). The van der Waals surface area contributed by atoms with Gasteiger partial charge in [0, 0.05) is 17.2 Å². The van der Waals surface area contributed by atoms with Gasteiger partial charge in [-0.3, -0.25) is 9.59 Å². The van der Waals surface area contributed by atoms with Crippen molar-refractivity contribution in [3.05, 3.63) is 65.2 Å². The summed E-state index contributed by atoms with van der Waals surface area (Å²) in [6.07, 6.45) is 3.94. The van der Waals surface area contributed by atoms with Crippen molar-refractivity contribution in [3.8, 4) is 5.75 Å². The minimum absolute atomic E-state index is 0.0580. The van der Waals surface area contributed by atoms with Gasteiger partial charge in [0.05, 0.1) is 13.2 Å². The van der Waals surface area contributed by atoms with E-state index in [2.05, 4.69) is 0 Å². The first-order chi connectivity index (χ1) is 13.1. The SMILES string of the molecule is COc1ccccc1[C@H]1[C@@H](C(=O)O)c2ccccc2C(=O)N1C1CCCC1. The summed E-state index contributed by atoms with van der Waals surface area (Å²) < 4.78 is 5.53. The predicted octanol–water partition coefficient (Wildman–Crippen LogP) is 4.00. The van der Waals surface area contributed by atoms with Crippen molar-refractivity contribution >= 4 is 11.9 Å². The zero-order chi connectivity index (χ0) is 19.0. The number of nitrogens with zero attached hydrogens (tertiary/aromatic N) is 1. The number of carbonyl (C=O) groups excluding carboxylic acids is 1. The molecule has 1 saturated carbocycles. The molecule has 5 heteroatoms. The van der Waals surface area contributed by atoms with E-state index in [1.54, 1.807) is 31.4 Å². The fourth-order valence-corrected chi connectivity index (χ4v) is 4.64. The summed E-state index contributed by atoms with van der Waals surface area (Å²) in [5.41, 5.74) is 1.84. The molecule has 5 nitrogen and oxygen atoms in total. The number of benzene rings is 2. The minimum atomic E-state index is -0.922. The van der Waals surface area contributed by atoms with Gasteiger partial charge in [-0.25, -0.2) is 0 Å². The van der Waals surface area contributed by atoms with Crippen molar-refractivity contribution in [3.63, 3.8) is 0 Å². The highest BCUT2D eigenvalue weighted by atomic mass is 16.5. The van der Waals surface area contributed by atoms with Crippen molar-refractivity contribution in [2.45, 2.75) is 43.7 Å². The maximum atomic E-state index is 13.4. The number of hydrogen-bond acceptors (Lipinski definition) is 3. The van der Waals surface area contributed by atoms with Crippen molar-refractivity contribution in [2.75, 3.05) is 7.11 Å². The van der Waals surface area contributed by atoms with Crippen molar-refractivity contribution in [1.29, 1.82) is 0 Å². The highest BCUT2D eigenvalue weighted by Crippen LogP contribution is 2.48. The fraction of sp³-hybridized carbons (Fsp3) is 0.364. The van der Waals surface area contributed by atoms with Crippen LogP contribution in [-0.2, 0) is 4.79 Å². The van der Waals surface area contributed by atoms with Crippen LogP contribution in [0.5, 0.6) is 5.75 Å². The molecule has 0 bridgehead atoms. The van der Waals surface area contributed by atoms with Crippen molar-refractivity contribution in [2.24, 2.45) is 0 Å². The number of ether oxygens (including phenoxy) is 1. The Hall–Kier alpha value is -2.82. The number of methoxy groups -OCH3 is 1. The van der Waals surface area contributed by atoms with Gasteiger partial charge in [0.25, 0.3) is 5.91 Å². The Morgan fingerprint density at radius 3 is 2.33 bits per heavy atom. The van der Waals surface area contributed by atoms with Crippen LogP contribution in [0.15, 0.2) is 48.5 Å². The van der Waals surface area contributed by atoms with E-state index in [1.807, 2.05) is 29.2 Å². The minimum Gasteiger partial charge on any atom is -0.496 e. The van der Waals surface area contributed by atoms with E-state index in [4.69, 9.17) is 4.74 Å². The molecular formula is C22H23NO4. The van der Waals surface area contributed by atoms with Crippen LogP contribution >= 0.6 is 0 Å². The molecule has 1 amide bonds. The van der Waals surface area contributed by atoms with E-state index in [0.29, 0.717) is 16.9 Å². The largest absolute Gasteiger partial charge is 0.496 e. The average Bonchev–Trinajstić information content (AvgIpc) is 3.21. The van der Waals surface area contributed by atoms with Crippen LogP contribution in [0.2, 0.25) is 0 Å². The van der Waals surface area contributed by atoms with Gasteiger partial charge in [-0.15, -0.1) is 0 Å². The number of carbonyl (C=O) groups is 2. The molecule has 0 saturated heterocycles. The summed E-state index contributed by atoms with van der Waals surface area (Å²) in [6.45, 7) is 0. The van der Waals surface area contributed by atoms with E-state index < -0.39 is 17.9 Å². The second kappa shape index (κ2) is 7.06. The molecule has 0 spiro atoms. The molecule has 27 heavy (non-hydrogen) atoms. The van der Waals surface area contributed by atoms with E-state index in [0.717, 1.165) is 31.2 Å². The molecule has 2 atom stereocenters. The number of amides is 1. The fourth-order valence-electron chi connectivity index (χ4n) is 4.64. The first-order valence-electron chi connectivity index (χ1n) is 9.40. The highest BCUT2D eigenvalue weighted by Gasteiger charge is 2.47. The number of rotatable bonds is 4. The molecule has 2 aromatic carbocycles. The molecule has 0 radical (unpaired) electrons. The first kappa shape index (κ1) is 17.6. The van der Waals surface area contributed by atoms with Gasteiger partial charge in [-0.2, -0.15) is 0 Å². The number of aliphatic carboxylic acids is 1. The Balaban J connectivity index is 1.95. The van der Waals surface area contributed by atoms with E-state index >= 15 is 0 Å². The third-order valence-electron chi connectivity index (χ3n) is 5.82. The first-order valence-corrected chi connectivity index (χ1v) is 9.40. The monoisotopic (exact) mass is 365 g/mol. The standard InChI is InChI=1S/C22H23NO4/c1-27-18-13-7-6-12-17(18)20-19(22(25)26)15-10-4-5-11-16(15)21(24)23(20)14-8-2-3-9-14/h4-7,10-14,19-20H,2-3,8-9H2,1H3,(H,25,26)/t19-,20-/m0/s1. The topological polar surface area (TPSA) is 66.8 Å². The molecule has 0 aromatic heterocycles. The van der Waals surface area contributed by atoms with Crippen LogP contribution < -0.4 is 4.74 Å². The van der Waals surface area contributed by atoms with Crippen LogP contribution in [0.3, 0.4) is 0 Å². The van der Waals surface area contributed by atoms with Gasteiger partial charge in [-0.1, -0.05) is 49.2 Å². The second-order valence-electron chi connectivity index (χ2n) is 7.24. The van der Waals surface area contributed by atoms with Gasteiger partial charge in [-0.05, 0) is 30.5 Å². The molecule has 2 aliphatic rings. The lowest BCUT2D eigenvalue weighted by Crippen LogP contribution is -2.49. The lowest BCUT2D eigenvalue weighted by Gasteiger charge is -2.44. The summed E-state index contributed by atoms with van der Waals surface area (Å²) in [6, 6.07) is 14.0. The predicted molar refractivity (Wildman–Crippen MR) is 101 cm³/mol.